The Morgan fingerprint density at radius 1 is 1.13 bits per heavy atom. The number of nitrogens with zero attached hydrogens (tertiary/aromatic N) is 3. The van der Waals surface area contributed by atoms with E-state index in [0.717, 1.165) is 21.5 Å². The molecule has 3 aromatic heterocycles. The average molecular weight is 401 g/mol. The summed E-state index contributed by atoms with van der Waals surface area (Å²) in [6.07, 6.45) is 6.28. The SMILES string of the molecule is CC(C)NC(=O)c1cn(-c2cccc(-c3ccc[n+](O)c3)c2)c2ncccc2c1=O. The smallest absolute Gasteiger partial charge is 0.256 e. The van der Waals surface area contributed by atoms with Gasteiger partial charge in [0.15, 0.2) is 0 Å². The Labute approximate surface area is 172 Å². The first-order valence-electron chi connectivity index (χ1n) is 9.56. The summed E-state index contributed by atoms with van der Waals surface area (Å²) in [5.74, 6) is -0.421. The minimum absolute atomic E-state index is 0.0579. The first-order chi connectivity index (χ1) is 14.4. The summed E-state index contributed by atoms with van der Waals surface area (Å²) < 4.78 is 2.73. The lowest BCUT2D eigenvalue weighted by molar-refractivity contribution is -0.904. The second kappa shape index (κ2) is 7.79. The molecule has 0 bridgehead atoms. The standard InChI is InChI=1S/C23H20N4O3/c1-15(2)25-23(29)20-14-27(22-19(21(20)28)9-4-10-24-22)18-8-3-6-16(12-18)17-7-5-11-26(30)13-17/h3-15H,1-2H3,(H-,25,29,30)/p+1. The zero-order chi connectivity index (χ0) is 21.3. The number of hydrogen-bond acceptors (Lipinski definition) is 4. The van der Waals surface area contributed by atoms with Crippen molar-refractivity contribution in [2.45, 2.75) is 19.9 Å². The summed E-state index contributed by atoms with van der Waals surface area (Å²) in [7, 11) is 0. The molecular formula is C23H21N4O3+. The zero-order valence-electron chi connectivity index (χ0n) is 16.6. The molecule has 0 fully saturated rings. The van der Waals surface area contributed by atoms with Crippen LogP contribution in [0.3, 0.4) is 0 Å². The van der Waals surface area contributed by atoms with Gasteiger partial charge in [0, 0.05) is 34.9 Å². The van der Waals surface area contributed by atoms with E-state index in [1.54, 1.807) is 35.2 Å². The second-order valence-electron chi connectivity index (χ2n) is 7.27. The van der Waals surface area contributed by atoms with E-state index < -0.39 is 5.91 Å². The first kappa shape index (κ1) is 19.3. The molecule has 7 nitrogen and oxygen atoms in total. The molecule has 2 N–H and O–H groups in total. The third-order valence-corrected chi connectivity index (χ3v) is 4.67. The lowest BCUT2D eigenvalue weighted by Crippen LogP contribution is -2.34. The van der Waals surface area contributed by atoms with Gasteiger partial charge in [-0.1, -0.05) is 12.1 Å². The molecule has 0 radical (unpaired) electrons. The van der Waals surface area contributed by atoms with E-state index in [2.05, 4.69) is 10.3 Å². The van der Waals surface area contributed by atoms with Crippen LogP contribution >= 0.6 is 0 Å². The maximum Gasteiger partial charge on any atom is 0.256 e. The van der Waals surface area contributed by atoms with Crippen LogP contribution < -0.4 is 15.5 Å². The lowest BCUT2D eigenvalue weighted by Gasteiger charge is -2.14. The molecule has 0 spiro atoms. The van der Waals surface area contributed by atoms with Crippen molar-refractivity contribution >= 4 is 16.9 Å². The van der Waals surface area contributed by atoms with Crippen LogP contribution in [0, 0.1) is 0 Å². The van der Waals surface area contributed by atoms with Crippen molar-refractivity contribution in [3.63, 3.8) is 0 Å². The number of rotatable bonds is 4. The highest BCUT2D eigenvalue weighted by Crippen LogP contribution is 2.23. The van der Waals surface area contributed by atoms with Crippen LogP contribution in [0.1, 0.15) is 24.2 Å². The molecule has 30 heavy (non-hydrogen) atoms. The van der Waals surface area contributed by atoms with Crippen LogP contribution in [0.5, 0.6) is 0 Å². The van der Waals surface area contributed by atoms with Gasteiger partial charge in [-0.3, -0.25) is 14.8 Å². The number of benzene rings is 1. The van der Waals surface area contributed by atoms with Gasteiger partial charge >= 0.3 is 0 Å². The van der Waals surface area contributed by atoms with E-state index in [9.17, 15) is 14.8 Å². The number of aromatic nitrogens is 3. The third kappa shape index (κ3) is 3.65. The van der Waals surface area contributed by atoms with Crippen molar-refractivity contribution in [2.24, 2.45) is 0 Å². The van der Waals surface area contributed by atoms with Crippen molar-refractivity contribution in [3.05, 3.63) is 89.1 Å². The molecule has 3 heterocycles. The molecule has 0 saturated heterocycles. The lowest BCUT2D eigenvalue weighted by atomic mass is 10.1. The first-order valence-corrected chi connectivity index (χ1v) is 9.56. The van der Waals surface area contributed by atoms with Crippen LogP contribution in [0.4, 0.5) is 0 Å². The molecule has 0 aliphatic carbocycles. The van der Waals surface area contributed by atoms with Gasteiger partial charge in [0.25, 0.3) is 5.91 Å². The molecule has 1 aromatic carbocycles. The Hall–Kier alpha value is -4.00. The van der Waals surface area contributed by atoms with Crippen molar-refractivity contribution in [1.29, 1.82) is 0 Å². The molecule has 4 aromatic rings. The topological polar surface area (TPSA) is 88.1 Å². The fourth-order valence-corrected chi connectivity index (χ4v) is 3.33. The van der Waals surface area contributed by atoms with Gasteiger partial charge in [0.2, 0.25) is 17.8 Å². The van der Waals surface area contributed by atoms with Gasteiger partial charge in [-0.15, -0.1) is 0 Å². The number of nitrogens with one attached hydrogen (secondary N) is 1. The summed E-state index contributed by atoms with van der Waals surface area (Å²) in [6, 6.07) is 14.5. The maximum atomic E-state index is 12.9. The molecule has 0 aliphatic rings. The van der Waals surface area contributed by atoms with Crippen LogP contribution in [0.15, 0.2) is 78.1 Å². The van der Waals surface area contributed by atoms with Crippen LogP contribution in [0.2, 0.25) is 0 Å². The molecule has 0 atom stereocenters. The second-order valence-corrected chi connectivity index (χ2v) is 7.27. The molecule has 4 rings (SSSR count). The van der Waals surface area contributed by atoms with Gasteiger partial charge in [-0.2, -0.15) is 0 Å². The summed E-state index contributed by atoms with van der Waals surface area (Å²) in [5, 5.41) is 12.9. The van der Waals surface area contributed by atoms with Crippen molar-refractivity contribution < 1.29 is 14.7 Å². The van der Waals surface area contributed by atoms with Gasteiger partial charge in [0.1, 0.15) is 11.2 Å². The van der Waals surface area contributed by atoms with Crippen LogP contribution in [-0.2, 0) is 0 Å². The fraction of sp³-hybridized carbons (Fsp3) is 0.130. The Morgan fingerprint density at radius 3 is 2.70 bits per heavy atom. The van der Waals surface area contributed by atoms with Crippen molar-refractivity contribution in [3.8, 4) is 16.8 Å². The van der Waals surface area contributed by atoms with Gasteiger partial charge in [0.05, 0.1) is 10.9 Å². The van der Waals surface area contributed by atoms with E-state index >= 15 is 0 Å². The Kier molecular flexibility index (Phi) is 5.02. The van der Waals surface area contributed by atoms with E-state index in [0.29, 0.717) is 11.0 Å². The van der Waals surface area contributed by atoms with Gasteiger partial charge in [-0.25, -0.2) is 4.98 Å². The molecule has 1 amide bonds. The molecule has 0 aliphatic heterocycles. The number of carbonyl (C=O) groups is 1. The number of carbonyl (C=O) groups excluding carboxylic acids is 1. The zero-order valence-corrected chi connectivity index (χ0v) is 16.6. The van der Waals surface area contributed by atoms with Crippen molar-refractivity contribution in [2.75, 3.05) is 0 Å². The normalized spacial score (nSPS) is 11.0. The Bertz CT molecular complexity index is 1310. The number of hydrogen-bond donors (Lipinski definition) is 2. The van der Waals surface area contributed by atoms with E-state index in [1.807, 2.05) is 44.2 Å². The quantitative estimate of drug-likeness (QED) is 0.407. The van der Waals surface area contributed by atoms with E-state index in [4.69, 9.17) is 0 Å². The molecule has 0 unspecified atom stereocenters. The van der Waals surface area contributed by atoms with E-state index in [1.165, 1.54) is 12.4 Å². The largest absolute Gasteiger partial charge is 0.350 e. The Morgan fingerprint density at radius 2 is 1.93 bits per heavy atom. The predicted octanol–water partition coefficient (Wildman–Crippen LogP) is 2.72. The number of amides is 1. The third-order valence-electron chi connectivity index (χ3n) is 4.67. The summed E-state index contributed by atoms with van der Waals surface area (Å²) in [6.45, 7) is 3.69. The maximum absolute atomic E-state index is 12.9. The van der Waals surface area contributed by atoms with Crippen molar-refractivity contribution in [1.82, 2.24) is 14.9 Å². The molecule has 150 valence electrons. The summed E-state index contributed by atoms with van der Waals surface area (Å²) in [4.78, 5) is 30.0. The monoisotopic (exact) mass is 401 g/mol. The summed E-state index contributed by atoms with van der Waals surface area (Å²) >= 11 is 0. The van der Waals surface area contributed by atoms with Crippen LogP contribution in [0.25, 0.3) is 27.8 Å². The summed E-state index contributed by atoms with van der Waals surface area (Å²) in [5.41, 5.74) is 2.59. The molecule has 7 heteroatoms. The molecule has 0 saturated carbocycles. The highest BCUT2D eigenvalue weighted by atomic mass is 16.5. The van der Waals surface area contributed by atoms with E-state index in [-0.39, 0.29) is 17.0 Å². The average Bonchev–Trinajstić information content (AvgIpc) is 2.74. The minimum Gasteiger partial charge on any atom is -0.350 e. The fourth-order valence-electron chi connectivity index (χ4n) is 3.33. The highest BCUT2D eigenvalue weighted by molar-refractivity contribution is 5.97. The molecular weight excluding hydrogens is 380 g/mol. The van der Waals surface area contributed by atoms with Crippen LogP contribution in [-0.4, -0.2) is 26.7 Å². The van der Waals surface area contributed by atoms with Gasteiger partial charge < -0.3 is 9.88 Å². The Balaban J connectivity index is 1.93. The van der Waals surface area contributed by atoms with Gasteiger partial charge in [-0.05, 0) is 49.7 Å². The minimum atomic E-state index is -0.421. The number of pyridine rings is 3. The number of fused-ring (bicyclic) bond motifs is 1. The highest BCUT2D eigenvalue weighted by Gasteiger charge is 2.17. The predicted molar refractivity (Wildman–Crippen MR) is 113 cm³/mol.